The van der Waals surface area contributed by atoms with Gasteiger partial charge in [0, 0.05) is 6.42 Å². The van der Waals surface area contributed by atoms with Gasteiger partial charge in [-0.25, -0.2) is 0 Å². The Bertz CT molecular complexity index is 173. The minimum absolute atomic E-state index is 0.0337. The van der Waals surface area contributed by atoms with Gasteiger partial charge in [0.15, 0.2) is 6.29 Å². The van der Waals surface area contributed by atoms with Gasteiger partial charge >= 0.3 is 0 Å². The molecule has 13 heavy (non-hydrogen) atoms. The van der Waals surface area contributed by atoms with E-state index >= 15 is 0 Å². The number of rotatable bonds is 2. The van der Waals surface area contributed by atoms with E-state index in [0.717, 1.165) is 12.8 Å². The Morgan fingerprint density at radius 3 is 2.23 bits per heavy atom. The van der Waals surface area contributed by atoms with Crippen molar-refractivity contribution in [1.29, 1.82) is 0 Å². The number of hydrogen-bond donors (Lipinski definition) is 0. The summed E-state index contributed by atoms with van der Waals surface area (Å²) in [5.74, 6) is 0. The number of ether oxygens (including phenoxy) is 2. The van der Waals surface area contributed by atoms with Crippen LogP contribution in [0.1, 0.15) is 40.5 Å². The SMILES string of the molecule is CC(C)=CCC1O[C@@H](C)C[C@H](C)O1. The molecule has 2 heteroatoms. The Morgan fingerprint density at radius 1 is 1.23 bits per heavy atom. The minimum Gasteiger partial charge on any atom is -0.349 e. The Morgan fingerprint density at radius 2 is 1.77 bits per heavy atom. The van der Waals surface area contributed by atoms with Crippen LogP contribution < -0.4 is 0 Å². The van der Waals surface area contributed by atoms with Crippen LogP contribution in [0.2, 0.25) is 0 Å². The first-order valence-corrected chi connectivity index (χ1v) is 5.02. The largest absolute Gasteiger partial charge is 0.349 e. The monoisotopic (exact) mass is 184 g/mol. The van der Waals surface area contributed by atoms with Crippen LogP contribution in [-0.4, -0.2) is 18.5 Å². The molecule has 1 saturated heterocycles. The summed E-state index contributed by atoms with van der Waals surface area (Å²) in [6.07, 6.45) is 4.67. The molecule has 0 spiro atoms. The highest BCUT2D eigenvalue weighted by atomic mass is 16.7. The van der Waals surface area contributed by atoms with Crippen molar-refractivity contribution in [2.75, 3.05) is 0 Å². The Hall–Kier alpha value is -0.340. The molecule has 0 aromatic rings. The van der Waals surface area contributed by atoms with Crippen molar-refractivity contribution in [2.24, 2.45) is 0 Å². The number of hydrogen-bond acceptors (Lipinski definition) is 2. The molecule has 0 bridgehead atoms. The summed E-state index contributed by atoms with van der Waals surface area (Å²) in [4.78, 5) is 0. The quantitative estimate of drug-likeness (QED) is 0.614. The molecule has 0 saturated carbocycles. The van der Waals surface area contributed by atoms with Crippen molar-refractivity contribution in [3.63, 3.8) is 0 Å². The molecular weight excluding hydrogens is 164 g/mol. The van der Waals surface area contributed by atoms with E-state index in [1.807, 2.05) is 0 Å². The van der Waals surface area contributed by atoms with E-state index in [9.17, 15) is 0 Å². The summed E-state index contributed by atoms with van der Waals surface area (Å²) in [6.45, 7) is 8.40. The lowest BCUT2D eigenvalue weighted by Crippen LogP contribution is -2.35. The molecule has 1 heterocycles. The van der Waals surface area contributed by atoms with Gasteiger partial charge in [-0.15, -0.1) is 0 Å². The second-order valence-electron chi connectivity index (χ2n) is 4.08. The highest BCUT2D eigenvalue weighted by Crippen LogP contribution is 2.20. The van der Waals surface area contributed by atoms with E-state index < -0.39 is 0 Å². The third-order valence-electron chi connectivity index (χ3n) is 2.15. The minimum atomic E-state index is -0.0337. The molecule has 76 valence electrons. The van der Waals surface area contributed by atoms with Crippen LogP contribution in [0.25, 0.3) is 0 Å². The fourth-order valence-corrected chi connectivity index (χ4v) is 1.57. The maximum absolute atomic E-state index is 5.64. The highest BCUT2D eigenvalue weighted by Gasteiger charge is 2.23. The van der Waals surface area contributed by atoms with Crippen LogP contribution in [0.15, 0.2) is 11.6 Å². The van der Waals surface area contributed by atoms with Crippen LogP contribution in [-0.2, 0) is 9.47 Å². The zero-order valence-electron chi connectivity index (χ0n) is 9.04. The van der Waals surface area contributed by atoms with Crippen molar-refractivity contribution < 1.29 is 9.47 Å². The average Bonchev–Trinajstić information content (AvgIpc) is 1.99. The zero-order chi connectivity index (χ0) is 9.84. The lowest BCUT2D eigenvalue weighted by Gasteiger charge is -2.32. The number of allylic oxidation sites excluding steroid dienone is 1. The van der Waals surface area contributed by atoms with E-state index in [4.69, 9.17) is 9.47 Å². The molecule has 0 radical (unpaired) electrons. The molecule has 1 rings (SSSR count). The molecular formula is C11H20O2. The third kappa shape index (κ3) is 3.92. The van der Waals surface area contributed by atoms with Crippen molar-refractivity contribution in [3.8, 4) is 0 Å². The molecule has 0 aliphatic carbocycles. The summed E-state index contributed by atoms with van der Waals surface area (Å²) in [5.41, 5.74) is 1.32. The summed E-state index contributed by atoms with van der Waals surface area (Å²) < 4.78 is 11.3. The van der Waals surface area contributed by atoms with Crippen molar-refractivity contribution in [1.82, 2.24) is 0 Å². The topological polar surface area (TPSA) is 18.5 Å². The van der Waals surface area contributed by atoms with Crippen molar-refractivity contribution >= 4 is 0 Å². The van der Waals surface area contributed by atoms with Crippen molar-refractivity contribution in [3.05, 3.63) is 11.6 Å². The summed E-state index contributed by atoms with van der Waals surface area (Å²) in [5, 5.41) is 0. The second kappa shape index (κ2) is 4.77. The van der Waals surface area contributed by atoms with Crippen LogP contribution in [0.3, 0.4) is 0 Å². The molecule has 0 N–H and O–H groups in total. The van der Waals surface area contributed by atoms with Gasteiger partial charge in [-0.1, -0.05) is 11.6 Å². The van der Waals surface area contributed by atoms with Crippen LogP contribution in [0.5, 0.6) is 0 Å². The van der Waals surface area contributed by atoms with Crippen molar-refractivity contribution in [2.45, 2.75) is 59.0 Å². The van der Waals surface area contributed by atoms with Gasteiger partial charge in [0.25, 0.3) is 0 Å². The van der Waals surface area contributed by atoms with Gasteiger partial charge < -0.3 is 9.47 Å². The summed E-state index contributed by atoms with van der Waals surface area (Å²) >= 11 is 0. The Labute approximate surface area is 80.9 Å². The smallest absolute Gasteiger partial charge is 0.161 e. The van der Waals surface area contributed by atoms with Crippen LogP contribution >= 0.6 is 0 Å². The van der Waals surface area contributed by atoms with Gasteiger partial charge in [-0.3, -0.25) is 0 Å². The first kappa shape index (κ1) is 10.7. The van der Waals surface area contributed by atoms with Crippen LogP contribution in [0, 0.1) is 0 Å². The first-order chi connectivity index (χ1) is 6.08. The molecule has 1 aliphatic rings. The molecule has 0 aromatic carbocycles. The van der Waals surface area contributed by atoms with Gasteiger partial charge in [0.05, 0.1) is 12.2 Å². The average molecular weight is 184 g/mol. The lowest BCUT2D eigenvalue weighted by molar-refractivity contribution is -0.231. The Balaban J connectivity index is 2.37. The zero-order valence-corrected chi connectivity index (χ0v) is 9.04. The lowest BCUT2D eigenvalue weighted by atomic mass is 10.1. The predicted molar refractivity (Wildman–Crippen MR) is 53.5 cm³/mol. The molecule has 0 aromatic heterocycles. The molecule has 1 aliphatic heterocycles. The van der Waals surface area contributed by atoms with Gasteiger partial charge in [-0.2, -0.15) is 0 Å². The normalized spacial score (nSPS) is 34.3. The molecule has 0 unspecified atom stereocenters. The maximum atomic E-state index is 5.64. The third-order valence-corrected chi connectivity index (χ3v) is 2.15. The predicted octanol–water partition coefficient (Wildman–Crippen LogP) is 2.88. The van der Waals surface area contributed by atoms with Gasteiger partial charge in [0.1, 0.15) is 0 Å². The van der Waals surface area contributed by atoms with E-state index in [-0.39, 0.29) is 6.29 Å². The van der Waals surface area contributed by atoms with E-state index in [1.54, 1.807) is 0 Å². The van der Waals surface area contributed by atoms with Gasteiger partial charge in [0.2, 0.25) is 0 Å². The fraction of sp³-hybridized carbons (Fsp3) is 0.818. The van der Waals surface area contributed by atoms with E-state index in [2.05, 4.69) is 33.8 Å². The molecule has 1 fully saturated rings. The van der Waals surface area contributed by atoms with Gasteiger partial charge in [-0.05, 0) is 34.1 Å². The standard InChI is InChI=1S/C11H20O2/c1-8(2)5-6-11-12-9(3)7-10(4)13-11/h5,9-11H,6-7H2,1-4H3/t9-,10-/m0/s1. The molecule has 2 atom stereocenters. The molecule has 0 amide bonds. The summed E-state index contributed by atoms with van der Waals surface area (Å²) in [7, 11) is 0. The fourth-order valence-electron chi connectivity index (χ4n) is 1.57. The first-order valence-electron chi connectivity index (χ1n) is 5.02. The Kier molecular flexibility index (Phi) is 3.94. The van der Waals surface area contributed by atoms with Crippen LogP contribution in [0.4, 0.5) is 0 Å². The second-order valence-corrected chi connectivity index (χ2v) is 4.08. The molecule has 2 nitrogen and oxygen atoms in total. The maximum Gasteiger partial charge on any atom is 0.161 e. The highest BCUT2D eigenvalue weighted by molar-refractivity contribution is 4.93. The van der Waals surface area contributed by atoms with E-state index in [0.29, 0.717) is 12.2 Å². The summed E-state index contributed by atoms with van der Waals surface area (Å²) in [6, 6.07) is 0. The van der Waals surface area contributed by atoms with E-state index in [1.165, 1.54) is 5.57 Å².